The van der Waals surface area contributed by atoms with Crippen molar-refractivity contribution in [3.8, 4) is 5.75 Å². The molecule has 3 N–H and O–H groups in total. The molecule has 1 atom stereocenters. The highest BCUT2D eigenvalue weighted by Gasteiger charge is 2.08. The van der Waals surface area contributed by atoms with E-state index in [-0.39, 0.29) is 36.0 Å². The summed E-state index contributed by atoms with van der Waals surface area (Å²) < 4.78 is 6.04. The summed E-state index contributed by atoms with van der Waals surface area (Å²) in [4.78, 5) is 15.5. The van der Waals surface area contributed by atoms with Crippen LogP contribution in [0.5, 0.6) is 5.75 Å². The van der Waals surface area contributed by atoms with Crippen molar-refractivity contribution in [1.29, 1.82) is 0 Å². The van der Waals surface area contributed by atoms with Crippen LogP contribution in [0.3, 0.4) is 0 Å². The molecule has 0 bridgehead atoms. The number of benzene rings is 1. The fourth-order valence-corrected chi connectivity index (χ4v) is 2.13. The molecule has 1 aromatic carbocycles. The molecule has 0 fully saturated rings. The zero-order valence-electron chi connectivity index (χ0n) is 16.5. The largest absolute Gasteiger partial charge is 0.490 e. The first kappa shape index (κ1) is 24.5. The topological polar surface area (TPSA) is 74.8 Å². The Hall–Kier alpha value is -1.51. The number of nitrogens with one attached hydrogen (secondary N) is 3. The molecule has 1 aromatic rings. The number of ether oxygens (including phenoxy) is 1. The van der Waals surface area contributed by atoms with E-state index < -0.39 is 0 Å². The minimum Gasteiger partial charge on any atom is -0.490 e. The van der Waals surface area contributed by atoms with Gasteiger partial charge in [0.2, 0.25) is 5.91 Å². The average Bonchev–Trinajstić information content (AvgIpc) is 2.57. The van der Waals surface area contributed by atoms with Gasteiger partial charge in [0, 0.05) is 32.1 Å². The Kier molecular flexibility index (Phi) is 12.9. The van der Waals surface area contributed by atoms with Crippen LogP contribution in [0.15, 0.2) is 23.2 Å². The standard InChI is InChI=1S/C19H32N4O2.HI/c1-6-15(4)25-18-12-14(3)8-9-17(18)13-23-19(20-7-2)22-11-10-21-16(5)24;/h8-9,12,15H,6-7,10-11,13H2,1-5H3,(H,21,24)(H2,20,22,23);1H. The molecule has 1 unspecified atom stereocenters. The monoisotopic (exact) mass is 476 g/mol. The van der Waals surface area contributed by atoms with Crippen LogP contribution in [0.2, 0.25) is 0 Å². The molecular weight excluding hydrogens is 443 g/mol. The minimum atomic E-state index is -0.0322. The fourth-order valence-electron chi connectivity index (χ4n) is 2.13. The van der Waals surface area contributed by atoms with Crippen molar-refractivity contribution in [2.45, 2.75) is 53.7 Å². The normalized spacial score (nSPS) is 12.0. The van der Waals surface area contributed by atoms with Gasteiger partial charge in [-0.25, -0.2) is 4.99 Å². The molecule has 26 heavy (non-hydrogen) atoms. The maximum absolute atomic E-state index is 10.9. The molecule has 0 aromatic heterocycles. The molecule has 0 radical (unpaired) electrons. The SMILES string of the molecule is CCNC(=NCc1ccc(C)cc1OC(C)CC)NCCNC(C)=O.I. The summed E-state index contributed by atoms with van der Waals surface area (Å²) in [5.41, 5.74) is 2.23. The van der Waals surface area contributed by atoms with Crippen molar-refractivity contribution < 1.29 is 9.53 Å². The van der Waals surface area contributed by atoms with E-state index in [9.17, 15) is 4.79 Å². The Morgan fingerprint density at radius 1 is 1.19 bits per heavy atom. The predicted molar refractivity (Wildman–Crippen MR) is 118 cm³/mol. The Bertz CT molecular complexity index is 579. The molecule has 6 nitrogen and oxygen atoms in total. The van der Waals surface area contributed by atoms with Crippen LogP contribution in [0.1, 0.15) is 45.2 Å². The molecule has 1 amide bonds. The number of nitrogens with zero attached hydrogens (tertiary/aromatic N) is 1. The van der Waals surface area contributed by atoms with Gasteiger partial charge in [-0.05, 0) is 38.8 Å². The van der Waals surface area contributed by atoms with E-state index in [0.717, 1.165) is 30.2 Å². The average molecular weight is 476 g/mol. The van der Waals surface area contributed by atoms with E-state index in [1.807, 2.05) is 6.92 Å². The predicted octanol–water partition coefficient (Wildman–Crippen LogP) is 2.98. The summed E-state index contributed by atoms with van der Waals surface area (Å²) >= 11 is 0. The molecule has 0 spiro atoms. The molecular formula is C19H33IN4O2. The third-order valence-corrected chi connectivity index (χ3v) is 3.67. The van der Waals surface area contributed by atoms with E-state index in [1.54, 1.807) is 0 Å². The summed E-state index contributed by atoms with van der Waals surface area (Å²) in [5, 5.41) is 9.18. The van der Waals surface area contributed by atoms with E-state index >= 15 is 0 Å². The number of aliphatic imine (C=N–C) groups is 1. The van der Waals surface area contributed by atoms with Gasteiger partial charge in [0.15, 0.2) is 5.96 Å². The van der Waals surface area contributed by atoms with E-state index in [4.69, 9.17) is 4.74 Å². The first-order chi connectivity index (χ1) is 12.0. The maximum atomic E-state index is 10.9. The summed E-state index contributed by atoms with van der Waals surface area (Å²) in [6.07, 6.45) is 1.14. The van der Waals surface area contributed by atoms with Crippen molar-refractivity contribution in [3.05, 3.63) is 29.3 Å². The van der Waals surface area contributed by atoms with Gasteiger partial charge in [-0.15, -0.1) is 24.0 Å². The summed E-state index contributed by atoms with van der Waals surface area (Å²) in [6.45, 7) is 12.3. The van der Waals surface area contributed by atoms with Crippen molar-refractivity contribution in [1.82, 2.24) is 16.0 Å². The number of aryl methyl sites for hydroxylation is 1. The molecule has 0 aliphatic heterocycles. The lowest BCUT2D eigenvalue weighted by Crippen LogP contribution is -2.41. The number of hydrogen-bond donors (Lipinski definition) is 3. The van der Waals surface area contributed by atoms with Crippen molar-refractivity contribution in [2.75, 3.05) is 19.6 Å². The first-order valence-corrected chi connectivity index (χ1v) is 8.99. The molecule has 148 valence electrons. The molecule has 0 aliphatic rings. The number of carbonyl (C=O) groups is 1. The second kappa shape index (κ2) is 13.7. The molecule has 7 heteroatoms. The summed E-state index contributed by atoms with van der Waals surface area (Å²) in [7, 11) is 0. The third kappa shape index (κ3) is 9.84. The fraction of sp³-hybridized carbons (Fsp3) is 0.579. The highest BCUT2D eigenvalue weighted by molar-refractivity contribution is 14.0. The third-order valence-electron chi connectivity index (χ3n) is 3.67. The van der Waals surface area contributed by atoms with E-state index in [1.165, 1.54) is 12.5 Å². The van der Waals surface area contributed by atoms with Gasteiger partial charge >= 0.3 is 0 Å². The van der Waals surface area contributed by atoms with Gasteiger partial charge < -0.3 is 20.7 Å². The Morgan fingerprint density at radius 2 is 1.88 bits per heavy atom. The van der Waals surface area contributed by atoms with Gasteiger partial charge in [0.1, 0.15) is 5.75 Å². The van der Waals surface area contributed by atoms with Gasteiger partial charge in [-0.2, -0.15) is 0 Å². The van der Waals surface area contributed by atoms with Crippen LogP contribution in [0, 0.1) is 6.92 Å². The molecule has 0 saturated carbocycles. The van der Waals surface area contributed by atoms with Crippen LogP contribution in [0.25, 0.3) is 0 Å². The zero-order valence-corrected chi connectivity index (χ0v) is 18.8. The van der Waals surface area contributed by atoms with Gasteiger partial charge in [-0.1, -0.05) is 19.1 Å². The maximum Gasteiger partial charge on any atom is 0.216 e. The Morgan fingerprint density at radius 3 is 2.50 bits per heavy atom. The van der Waals surface area contributed by atoms with Gasteiger partial charge in [0.25, 0.3) is 0 Å². The highest BCUT2D eigenvalue weighted by atomic mass is 127. The Balaban J connectivity index is 0.00000625. The number of amides is 1. The van der Waals surface area contributed by atoms with Crippen LogP contribution in [0.4, 0.5) is 0 Å². The van der Waals surface area contributed by atoms with E-state index in [2.05, 4.69) is 59.9 Å². The van der Waals surface area contributed by atoms with E-state index in [0.29, 0.717) is 19.6 Å². The molecule has 0 aliphatic carbocycles. The van der Waals surface area contributed by atoms with Crippen LogP contribution in [-0.2, 0) is 11.3 Å². The summed E-state index contributed by atoms with van der Waals surface area (Å²) in [6, 6.07) is 6.21. The van der Waals surface area contributed by atoms with Crippen molar-refractivity contribution in [3.63, 3.8) is 0 Å². The number of carbonyl (C=O) groups excluding carboxylic acids is 1. The molecule has 1 rings (SSSR count). The first-order valence-electron chi connectivity index (χ1n) is 8.99. The van der Waals surface area contributed by atoms with Crippen LogP contribution < -0.4 is 20.7 Å². The van der Waals surface area contributed by atoms with Gasteiger partial charge in [0.05, 0.1) is 12.6 Å². The Labute approximate surface area is 174 Å². The molecule has 0 saturated heterocycles. The lowest BCUT2D eigenvalue weighted by atomic mass is 10.1. The zero-order chi connectivity index (χ0) is 18.7. The van der Waals surface area contributed by atoms with Crippen LogP contribution in [-0.4, -0.2) is 37.6 Å². The minimum absolute atomic E-state index is 0. The lowest BCUT2D eigenvalue weighted by molar-refractivity contribution is -0.118. The lowest BCUT2D eigenvalue weighted by Gasteiger charge is -2.17. The quantitative estimate of drug-likeness (QED) is 0.222. The molecule has 0 heterocycles. The van der Waals surface area contributed by atoms with Crippen molar-refractivity contribution >= 4 is 35.8 Å². The number of hydrogen-bond acceptors (Lipinski definition) is 3. The van der Waals surface area contributed by atoms with Gasteiger partial charge in [-0.3, -0.25) is 4.79 Å². The number of rotatable bonds is 9. The van der Waals surface area contributed by atoms with Crippen LogP contribution >= 0.6 is 24.0 Å². The second-order valence-electron chi connectivity index (χ2n) is 6.05. The summed E-state index contributed by atoms with van der Waals surface area (Å²) in [5.74, 6) is 1.59. The second-order valence-corrected chi connectivity index (χ2v) is 6.05. The van der Waals surface area contributed by atoms with Crippen molar-refractivity contribution in [2.24, 2.45) is 4.99 Å². The smallest absolute Gasteiger partial charge is 0.216 e. The highest BCUT2D eigenvalue weighted by Crippen LogP contribution is 2.23. The number of halogens is 1. The number of guanidine groups is 1.